The first-order valence-corrected chi connectivity index (χ1v) is 9.67. The van der Waals surface area contributed by atoms with Crippen molar-refractivity contribution < 1.29 is 23.8 Å². The molecule has 0 aromatic heterocycles. The summed E-state index contributed by atoms with van der Waals surface area (Å²) in [5.74, 6) is 0.744. The molecular formula is C20H22IN3O5. The molecule has 29 heavy (non-hydrogen) atoms. The van der Waals surface area contributed by atoms with E-state index in [1.165, 1.54) is 18.2 Å². The van der Waals surface area contributed by atoms with Crippen LogP contribution in [0.2, 0.25) is 0 Å². The van der Waals surface area contributed by atoms with E-state index in [0.717, 1.165) is 14.7 Å². The number of nitrogens with zero attached hydrogens (tertiary/aromatic N) is 2. The van der Waals surface area contributed by atoms with Crippen LogP contribution in [0.15, 0.2) is 47.6 Å². The van der Waals surface area contributed by atoms with E-state index in [0.29, 0.717) is 11.5 Å². The summed E-state index contributed by atoms with van der Waals surface area (Å²) in [6, 6.07) is 12.9. The number of halogens is 1. The number of hydrogen-bond donors (Lipinski definition) is 1. The van der Waals surface area contributed by atoms with Crippen LogP contribution in [0.5, 0.6) is 11.5 Å². The molecule has 0 spiro atoms. The van der Waals surface area contributed by atoms with Crippen LogP contribution in [0.4, 0.5) is 4.79 Å². The maximum absolute atomic E-state index is 12.0. The van der Waals surface area contributed by atoms with Crippen molar-refractivity contribution in [3.8, 4) is 11.5 Å². The summed E-state index contributed by atoms with van der Waals surface area (Å²) in [6.07, 6.45) is 0.887. The number of methoxy groups -OCH3 is 2. The van der Waals surface area contributed by atoms with Gasteiger partial charge < -0.3 is 19.1 Å². The lowest BCUT2D eigenvalue weighted by molar-refractivity contribution is -0.121. The fraction of sp³-hybridized carbons (Fsp3) is 0.250. The number of rotatable bonds is 8. The predicted octanol–water partition coefficient (Wildman–Crippen LogP) is 3.03. The molecule has 2 amide bonds. The maximum Gasteiger partial charge on any atom is 0.410 e. The monoisotopic (exact) mass is 511 g/mol. The second kappa shape index (κ2) is 11.2. The molecule has 0 atom stereocenters. The molecule has 0 saturated carbocycles. The Kier molecular flexibility index (Phi) is 8.71. The number of hydrazone groups is 1. The van der Waals surface area contributed by atoms with E-state index in [4.69, 9.17) is 14.2 Å². The molecule has 0 aliphatic rings. The largest absolute Gasteiger partial charge is 0.493 e. The number of hydrogen-bond acceptors (Lipinski definition) is 6. The predicted molar refractivity (Wildman–Crippen MR) is 117 cm³/mol. The van der Waals surface area contributed by atoms with Gasteiger partial charge in [0.05, 0.1) is 24.0 Å². The van der Waals surface area contributed by atoms with Gasteiger partial charge in [-0.3, -0.25) is 4.79 Å². The van der Waals surface area contributed by atoms with Gasteiger partial charge in [0, 0.05) is 7.05 Å². The highest BCUT2D eigenvalue weighted by molar-refractivity contribution is 14.1. The summed E-state index contributed by atoms with van der Waals surface area (Å²) < 4.78 is 16.6. The zero-order valence-electron chi connectivity index (χ0n) is 16.3. The van der Waals surface area contributed by atoms with Crippen LogP contribution in [0.1, 0.15) is 11.1 Å². The van der Waals surface area contributed by atoms with Crippen LogP contribution in [0.3, 0.4) is 0 Å². The van der Waals surface area contributed by atoms with E-state index in [9.17, 15) is 9.59 Å². The lowest BCUT2D eigenvalue weighted by Gasteiger charge is -2.15. The van der Waals surface area contributed by atoms with E-state index in [1.54, 1.807) is 20.3 Å². The third-order valence-electron chi connectivity index (χ3n) is 3.76. The summed E-state index contributed by atoms with van der Waals surface area (Å²) in [4.78, 5) is 25.1. The Morgan fingerprint density at radius 2 is 1.90 bits per heavy atom. The molecule has 2 aromatic carbocycles. The van der Waals surface area contributed by atoms with Gasteiger partial charge in [0.15, 0.2) is 11.5 Å². The average molecular weight is 511 g/mol. The third kappa shape index (κ3) is 6.93. The fourth-order valence-electron chi connectivity index (χ4n) is 2.34. The standard InChI is InChI=1S/C20H22IN3O5/c1-24(20(26)29-13-14-7-5-4-6-8-14)12-18(25)23-22-11-15-9-16(21)19(28-3)17(10-15)27-2/h4-11H,12-13H2,1-3H3,(H,23,25)/b22-11-. The molecule has 0 saturated heterocycles. The first-order valence-electron chi connectivity index (χ1n) is 8.59. The fourth-order valence-corrected chi connectivity index (χ4v) is 3.18. The van der Waals surface area contributed by atoms with Gasteiger partial charge >= 0.3 is 6.09 Å². The van der Waals surface area contributed by atoms with Gasteiger partial charge in [-0.15, -0.1) is 0 Å². The van der Waals surface area contributed by atoms with Gasteiger partial charge in [0.1, 0.15) is 13.2 Å². The summed E-state index contributed by atoms with van der Waals surface area (Å²) in [6.45, 7) is -0.0455. The summed E-state index contributed by atoms with van der Waals surface area (Å²) in [5.41, 5.74) is 3.98. The lowest BCUT2D eigenvalue weighted by Crippen LogP contribution is -2.36. The zero-order valence-corrected chi connectivity index (χ0v) is 18.5. The smallest absolute Gasteiger partial charge is 0.410 e. The number of carbonyl (C=O) groups is 2. The Hall–Kier alpha value is -2.82. The van der Waals surface area contributed by atoms with Crippen molar-refractivity contribution in [3.05, 3.63) is 57.2 Å². The summed E-state index contributed by atoms with van der Waals surface area (Å²) in [5, 5.41) is 3.92. The zero-order chi connectivity index (χ0) is 21.2. The van der Waals surface area contributed by atoms with Crippen molar-refractivity contribution in [2.45, 2.75) is 6.61 Å². The molecule has 9 heteroatoms. The highest BCUT2D eigenvalue weighted by atomic mass is 127. The van der Waals surface area contributed by atoms with Crippen molar-refractivity contribution in [2.75, 3.05) is 27.8 Å². The van der Waals surface area contributed by atoms with Crippen LogP contribution < -0.4 is 14.9 Å². The SMILES string of the molecule is COc1cc(/C=N\NC(=O)CN(C)C(=O)OCc2ccccc2)cc(I)c1OC. The van der Waals surface area contributed by atoms with Crippen LogP contribution in [0, 0.1) is 3.57 Å². The van der Waals surface area contributed by atoms with E-state index >= 15 is 0 Å². The average Bonchev–Trinajstić information content (AvgIpc) is 2.72. The molecule has 8 nitrogen and oxygen atoms in total. The van der Waals surface area contributed by atoms with Gasteiger partial charge in [-0.2, -0.15) is 5.10 Å². The van der Waals surface area contributed by atoms with Gasteiger partial charge in [0.25, 0.3) is 5.91 Å². The topological polar surface area (TPSA) is 89.5 Å². The third-order valence-corrected chi connectivity index (χ3v) is 4.56. The number of carbonyl (C=O) groups excluding carboxylic acids is 2. The molecule has 154 valence electrons. The minimum atomic E-state index is -0.595. The van der Waals surface area contributed by atoms with E-state index in [2.05, 4.69) is 33.1 Å². The van der Waals surface area contributed by atoms with Gasteiger partial charge in [-0.05, 0) is 45.9 Å². The normalized spacial score (nSPS) is 10.5. The Balaban J connectivity index is 1.84. The quantitative estimate of drug-likeness (QED) is 0.335. The van der Waals surface area contributed by atoms with Crippen LogP contribution in [-0.2, 0) is 16.1 Å². The highest BCUT2D eigenvalue weighted by Crippen LogP contribution is 2.32. The molecule has 0 heterocycles. The van der Waals surface area contributed by atoms with E-state index in [1.807, 2.05) is 36.4 Å². The highest BCUT2D eigenvalue weighted by Gasteiger charge is 2.14. The molecule has 0 aliphatic heterocycles. The molecule has 0 fully saturated rings. The Labute approximate surface area is 183 Å². The van der Waals surface area contributed by atoms with E-state index in [-0.39, 0.29) is 13.2 Å². The summed E-state index contributed by atoms with van der Waals surface area (Å²) >= 11 is 2.12. The maximum atomic E-state index is 12.0. The second-order valence-corrected chi connectivity index (χ2v) is 7.09. The number of benzene rings is 2. The number of ether oxygens (including phenoxy) is 3. The van der Waals surface area contributed by atoms with Crippen molar-refractivity contribution in [1.29, 1.82) is 0 Å². The summed E-state index contributed by atoms with van der Waals surface area (Å²) in [7, 11) is 4.59. The molecular weight excluding hydrogens is 489 g/mol. The Bertz CT molecular complexity index is 874. The minimum absolute atomic E-state index is 0.141. The first-order chi connectivity index (χ1) is 13.9. The van der Waals surface area contributed by atoms with Crippen molar-refractivity contribution in [3.63, 3.8) is 0 Å². The Morgan fingerprint density at radius 1 is 1.17 bits per heavy atom. The molecule has 2 aromatic rings. The molecule has 1 N–H and O–H groups in total. The number of nitrogens with one attached hydrogen (secondary N) is 1. The van der Waals surface area contributed by atoms with Crippen molar-refractivity contribution in [1.82, 2.24) is 10.3 Å². The first kappa shape index (κ1) is 22.5. The van der Waals surface area contributed by atoms with Crippen LogP contribution in [-0.4, -0.2) is 50.9 Å². The van der Waals surface area contributed by atoms with Crippen molar-refractivity contribution >= 4 is 40.8 Å². The second-order valence-electron chi connectivity index (χ2n) is 5.93. The number of likely N-dealkylation sites (N-methyl/N-ethyl adjacent to an activating group) is 1. The lowest BCUT2D eigenvalue weighted by atomic mass is 10.2. The van der Waals surface area contributed by atoms with Crippen LogP contribution >= 0.6 is 22.6 Å². The molecule has 2 rings (SSSR count). The molecule has 0 aliphatic carbocycles. The van der Waals surface area contributed by atoms with Gasteiger partial charge in [0.2, 0.25) is 0 Å². The molecule has 0 bridgehead atoms. The van der Waals surface area contributed by atoms with E-state index < -0.39 is 12.0 Å². The molecule has 0 radical (unpaired) electrons. The number of amides is 2. The molecule has 0 unspecified atom stereocenters. The van der Waals surface area contributed by atoms with Crippen LogP contribution in [0.25, 0.3) is 0 Å². The van der Waals surface area contributed by atoms with Crippen molar-refractivity contribution in [2.24, 2.45) is 5.10 Å². The van der Waals surface area contributed by atoms with Gasteiger partial charge in [-0.25, -0.2) is 10.2 Å². The van der Waals surface area contributed by atoms with Gasteiger partial charge in [-0.1, -0.05) is 30.3 Å². The minimum Gasteiger partial charge on any atom is -0.493 e. The Morgan fingerprint density at radius 3 is 2.55 bits per heavy atom.